The first kappa shape index (κ1) is 21.5. The molecule has 166 valence electrons. The third-order valence-electron chi connectivity index (χ3n) is 6.09. The molecule has 0 bridgehead atoms. The molecule has 1 aromatic carbocycles. The van der Waals surface area contributed by atoms with Crippen LogP contribution in [0.3, 0.4) is 0 Å². The van der Waals surface area contributed by atoms with Crippen molar-refractivity contribution in [3.63, 3.8) is 0 Å². The quantitative estimate of drug-likeness (QED) is 0.702. The summed E-state index contributed by atoms with van der Waals surface area (Å²) in [6, 6.07) is 3.27. The Kier molecular flexibility index (Phi) is 5.39. The van der Waals surface area contributed by atoms with E-state index < -0.39 is 34.3 Å². The molecule has 1 saturated heterocycles. The fourth-order valence-electron chi connectivity index (χ4n) is 4.59. The highest BCUT2D eigenvalue weighted by molar-refractivity contribution is 5.88. The summed E-state index contributed by atoms with van der Waals surface area (Å²) in [6.07, 6.45) is 1.57. The van der Waals surface area contributed by atoms with Gasteiger partial charge in [-0.2, -0.15) is 0 Å². The molecule has 0 saturated carbocycles. The molecule has 7 nitrogen and oxygen atoms in total. The van der Waals surface area contributed by atoms with Crippen LogP contribution in [0.15, 0.2) is 23.1 Å². The molecule has 1 N–H and O–H groups in total. The molecule has 2 aliphatic rings. The van der Waals surface area contributed by atoms with Crippen molar-refractivity contribution in [2.45, 2.75) is 39.3 Å². The van der Waals surface area contributed by atoms with Crippen molar-refractivity contribution in [2.75, 3.05) is 26.9 Å². The predicted octanol–water partition coefficient (Wildman–Crippen LogP) is 3.73. The maximum Gasteiger partial charge on any atom is 0.341 e. The maximum absolute atomic E-state index is 15.3. The zero-order chi connectivity index (χ0) is 22.5. The van der Waals surface area contributed by atoms with Gasteiger partial charge in [-0.15, -0.1) is 0 Å². The third kappa shape index (κ3) is 3.43. The summed E-state index contributed by atoms with van der Waals surface area (Å²) in [5, 5.41) is 9.42. The van der Waals surface area contributed by atoms with Gasteiger partial charge in [0.15, 0.2) is 5.82 Å². The minimum Gasteiger partial charge on any atom is -0.493 e. The first-order valence-corrected chi connectivity index (χ1v) is 10.2. The first-order valence-electron chi connectivity index (χ1n) is 10.2. The summed E-state index contributed by atoms with van der Waals surface area (Å²) < 4.78 is 34.0. The van der Waals surface area contributed by atoms with Crippen molar-refractivity contribution in [1.29, 1.82) is 0 Å². The molecule has 1 aromatic heterocycles. The van der Waals surface area contributed by atoms with Crippen molar-refractivity contribution in [2.24, 2.45) is 5.41 Å². The van der Waals surface area contributed by atoms with Gasteiger partial charge >= 0.3 is 5.97 Å². The van der Waals surface area contributed by atoms with Gasteiger partial charge in [0.2, 0.25) is 5.43 Å². The Morgan fingerprint density at radius 3 is 2.77 bits per heavy atom. The second-order valence-corrected chi connectivity index (χ2v) is 8.81. The number of carboxylic acids is 1. The molecule has 8 heteroatoms. The smallest absolute Gasteiger partial charge is 0.341 e. The van der Waals surface area contributed by atoms with E-state index in [0.29, 0.717) is 31.1 Å². The highest BCUT2D eigenvalue weighted by atomic mass is 19.1. The number of aromatic nitrogens is 1. The molecule has 2 atom stereocenters. The Hall–Kier alpha value is -2.71. The van der Waals surface area contributed by atoms with Crippen LogP contribution in [0.4, 0.5) is 4.39 Å². The second kappa shape index (κ2) is 7.76. The van der Waals surface area contributed by atoms with Crippen molar-refractivity contribution < 1.29 is 28.5 Å². The second-order valence-electron chi connectivity index (χ2n) is 8.81. The van der Waals surface area contributed by atoms with Gasteiger partial charge < -0.3 is 23.9 Å². The largest absolute Gasteiger partial charge is 0.493 e. The van der Waals surface area contributed by atoms with Crippen molar-refractivity contribution in [3.8, 4) is 17.0 Å². The van der Waals surface area contributed by atoms with E-state index in [-0.39, 0.29) is 11.7 Å². The molecule has 2 aromatic rings. The zero-order valence-corrected chi connectivity index (χ0v) is 18.0. The topological polar surface area (TPSA) is 87.0 Å². The number of carboxylic acid groups (broad SMARTS) is 1. The van der Waals surface area contributed by atoms with Crippen LogP contribution in [-0.4, -0.2) is 42.6 Å². The summed E-state index contributed by atoms with van der Waals surface area (Å²) >= 11 is 0. The Bertz CT molecular complexity index is 1110. The molecule has 1 fully saturated rings. The zero-order valence-electron chi connectivity index (χ0n) is 18.0. The number of ether oxygens (including phenoxy) is 3. The van der Waals surface area contributed by atoms with E-state index in [4.69, 9.17) is 14.2 Å². The molecule has 0 radical (unpaired) electrons. The van der Waals surface area contributed by atoms with E-state index >= 15 is 4.39 Å². The van der Waals surface area contributed by atoms with Gasteiger partial charge in [0.05, 0.1) is 24.9 Å². The molecule has 0 aliphatic carbocycles. The molecular formula is C23H26FNO6. The van der Waals surface area contributed by atoms with Crippen molar-refractivity contribution >= 4 is 5.97 Å². The lowest BCUT2D eigenvalue weighted by molar-refractivity contribution is 0.0690. The van der Waals surface area contributed by atoms with Gasteiger partial charge in [-0.1, -0.05) is 13.8 Å². The van der Waals surface area contributed by atoms with Gasteiger partial charge in [-0.05, 0) is 30.2 Å². The van der Waals surface area contributed by atoms with Crippen molar-refractivity contribution in [1.82, 2.24) is 4.57 Å². The summed E-state index contributed by atoms with van der Waals surface area (Å²) in [5.74, 6) is -1.84. The van der Waals surface area contributed by atoms with E-state index in [1.165, 1.54) is 6.20 Å². The highest BCUT2D eigenvalue weighted by Gasteiger charge is 2.50. The lowest BCUT2D eigenvalue weighted by Crippen LogP contribution is -2.34. The van der Waals surface area contributed by atoms with Crippen LogP contribution in [-0.2, 0) is 9.47 Å². The summed E-state index contributed by atoms with van der Waals surface area (Å²) in [4.78, 5) is 24.0. The molecule has 0 amide bonds. The van der Waals surface area contributed by atoms with E-state index in [2.05, 4.69) is 0 Å². The Balaban J connectivity index is 1.91. The first-order chi connectivity index (χ1) is 14.7. The number of benzene rings is 1. The predicted molar refractivity (Wildman–Crippen MR) is 111 cm³/mol. The van der Waals surface area contributed by atoms with Gasteiger partial charge in [-0.3, -0.25) is 4.79 Å². The molecule has 3 heterocycles. The monoisotopic (exact) mass is 431 g/mol. The number of hydrogen-bond donors (Lipinski definition) is 1. The lowest BCUT2D eigenvalue weighted by atomic mass is 9.78. The van der Waals surface area contributed by atoms with Crippen LogP contribution in [0.25, 0.3) is 11.3 Å². The van der Waals surface area contributed by atoms with Crippen molar-refractivity contribution in [3.05, 3.63) is 51.1 Å². The maximum atomic E-state index is 15.3. The Labute approximate surface area is 179 Å². The van der Waals surface area contributed by atoms with Gasteiger partial charge in [-0.25, -0.2) is 9.18 Å². The van der Waals surface area contributed by atoms with Crippen LogP contribution in [0.5, 0.6) is 5.75 Å². The Morgan fingerprint density at radius 2 is 2.10 bits per heavy atom. The number of carbonyl (C=O) groups is 1. The highest BCUT2D eigenvalue weighted by Crippen LogP contribution is 2.56. The van der Waals surface area contributed by atoms with Gasteiger partial charge in [0.1, 0.15) is 17.4 Å². The SMILES string of the molecule is COCCCOc1cc2c(cc1C)-c1c(F)c(=O)c(C(=O)O)cn1C1[C@@H]2OCC1(C)C. The summed E-state index contributed by atoms with van der Waals surface area (Å²) in [6.45, 7) is 7.29. The molecule has 31 heavy (non-hydrogen) atoms. The number of aryl methyl sites for hydroxylation is 1. The average molecular weight is 431 g/mol. The van der Waals surface area contributed by atoms with Gasteiger partial charge in [0.25, 0.3) is 0 Å². The average Bonchev–Trinajstić information content (AvgIpc) is 3.03. The van der Waals surface area contributed by atoms with Crippen LogP contribution >= 0.6 is 0 Å². The van der Waals surface area contributed by atoms with Crippen LogP contribution in [0, 0.1) is 18.2 Å². The van der Waals surface area contributed by atoms with E-state index in [1.807, 2.05) is 26.8 Å². The number of methoxy groups -OCH3 is 1. The molecule has 1 unspecified atom stereocenters. The fraction of sp³-hybridized carbons (Fsp3) is 0.478. The third-order valence-corrected chi connectivity index (χ3v) is 6.09. The number of rotatable bonds is 6. The molecular weight excluding hydrogens is 405 g/mol. The number of hydrogen-bond acceptors (Lipinski definition) is 5. The normalized spacial score (nSPS) is 20.7. The molecule has 0 spiro atoms. The molecule has 2 aliphatic heterocycles. The van der Waals surface area contributed by atoms with E-state index in [0.717, 1.165) is 17.5 Å². The van der Waals surface area contributed by atoms with E-state index in [1.54, 1.807) is 17.7 Å². The Morgan fingerprint density at radius 1 is 1.35 bits per heavy atom. The standard InChI is InChI=1S/C23H26FNO6/c1-12-8-13-14(9-16(12)30-7-5-6-29-4)20-21(23(2,3)11-31-20)25-10-15(22(27)28)19(26)17(24)18(13)25/h8-10,20-21H,5-7,11H2,1-4H3,(H,27,28)/t20-,21?/m1/s1. The number of fused-ring (bicyclic) bond motifs is 6. The van der Waals surface area contributed by atoms with Crippen LogP contribution < -0.4 is 10.2 Å². The lowest BCUT2D eigenvalue weighted by Gasteiger charge is -2.38. The fourth-order valence-corrected chi connectivity index (χ4v) is 4.59. The number of nitrogens with zero attached hydrogens (tertiary/aromatic N) is 1. The number of pyridine rings is 1. The van der Waals surface area contributed by atoms with E-state index in [9.17, 15) is 14.7 Å². The summed E-state index contributed by atoms with van der Waals surface area (Å²) in [7, 11) is 1.63. The van der Waals surface area contributed by atoms with Crippen LogP contribution in [0.1, 0.15) is 53.9 Å². The number of halogens is 1. The minimum absolute atomic E-state index is 0.0962. The van der Waals surface area contributed by atoms with Gasteiger partial charge in [0, 0.05) is 37.3 Å². The summed E-state index contributed by atoms with van der Waals surface area (Å²) in [5.41, 5.74) is 0.0417. The van der Waals surface area contributed by atoms with Crippen LogP contribution in [0.2, 0.25) is 0 Å². The molecule has 4 rings (SSSR count). The minimum atomic E-state index is -1.45. The number of aromatic carboxylic acids is 1.